The Bertz CT molecular complexity index is 167. The summed E-state index contributed by atoms with van der Waals surface area (Å²) in [4.78, 5) is 13.4. The monoisotopic (exact) mass is 183 g/mol. The van der Waals surface area contributed by atoms with Crippen molar-refractivity contribution in [3.63, 3.8) is 0 Å². The van der Waals surface area contributed by atoms with Crippen molar-refractivity contribution in [1.82, 2.24) is 4.90 Å². The predicted molar refractivity (Wildman–Crippen MR) is 54.8 cm³/mol. The quantitative estimate of drug-likeness (QED) is 0.609. The number of hydrogen-bond acceptors (Lipinski definition) is 2. The standard InChI is InChI=1S/C11H21NO/c1-3-4-5-6-10(2)12-8-7-11(13)9-12/h10H,3-9H2,1-2H3. The normalized spacial score (nSPS) is 20.9. The number of rotatable bonds is 5. The molecule has 0 bridgehead atoms. The number of Topliss-reactive ketones (excluding diaryl/α,β-unsaturated/α-hetero) is 1. The maximum atomic E-state index is 11.0. The Hall–Kier alpha value is -0.370. The number of hydrogen-bond donors (Lipinski definition) is 0. The summed E-state index contributed by atoms with van der Waals surface area (Å²) in [5, 5.41) is 0. The first kappa shape index (κ1) is 10.7. The molecule has 2 heteroatoms. The van der Waals surface area contributed by atoms with Crippen LogP contribution in [0.4, 0.5) is 0 Å². The van der Waals surface area contributed by atoms with E-state index in [0.717, 1.165) is 13.0 Å². The maximum Gasteiger partial charge on any atom is 0.148 e. The lowest BCUT2D eigenvalue weighted by atomic mass is 10.1. The Morgan fingerprint density at radius 2 is 2.23 bits per heavy atom. The molecule has 0 radical (unpaired) electrons. The van der Waals surface area contributed by atoms with Gasteiger partial charge in [-0.3, -0.25) is 9.69 Å². The van der Waals surface area contributed by atoms with Crippen molar-refractivity contribution in [2.45, 2.75) is 52.0 Å². The summed E-state index contributed by atoms with van der Waals surface area (Å²) in [6, 6.07) is 0.609. The summed E-state index contributed by atoms with van der Waals surface area (Å²) in [5.74, 6) is 0.419. The highest BCUT2D eigenvalue weighted by atomic mass is 16.1. The van der Waals surface area contributed by atoms with Gasteiger partial charge in [0.15, 0.2) is 0 Å². The van der Waals surface area contributed by atoms with Gasteiger partial charge in [-0.25, -0.2) is 0 Å². The van der Waals surface area contributed by atoms with E-state index < -0.39 is 0 Å². The van der Waals surface area contributed by atoms with Crippen molar-refractivity contribution in [2.75, 3.05) is 13.1 Å². The Labute approximate surface area is 81.3 Å². The maximum absolute atomic E-state index is 11.0. The topological polar surface area (TPSA) is 20.3 Å². The van der Waals surface area contributed by atoms with E-state index in [4.69, 9.17) is 0 Å². The van der Waals surface area contributed by atoms with Crippen molar-refractivity contribution in [3.8, 4) is 0 Å². The van der Waals surface area contributed by atoms with Crippen LogP contribution in [0.2, 0.25) is 0 Å². The molecule has 1 rings (SSSR count). The van der Waals surface area contributed by atoms with Crippen LogP contribution >= 0.6 is 0 Å². The van der Waals surface area contributed by atoms with Gasteiger partial charge in [0.1, 0.15) is 5.78 Å². The van der Waals surface area contributed by atoms with E-state index in [1.807, 2.05) is 0 Å². The molecule has 0 aliphatic carbocycles. The first-order valence-electron chi connectivity index (χ1n) is 5.49. The summed E-state index contributed by atoms with van der Waals surface area (Å²) in [6.07, 6.45) is 5.94. The molecule has 76 valence electrons. The Morgan fingerprint density at radius 1 is 1.46 bits per heavy atom. The molecule has 0 saturated carbocycles. The van der Waals surface area contributed by atoms with Crippen LogP contribution in [-0.2, 0) is 4.79 Å². The van der Waals surface area contributed by atoms with Gasteiger partial charge in [0, 0.05) is 19.0 Å². The first-order chi connectivity index (χ1) is 6.24. The predicted octanol–water partition coefficient (Wildman–Crippen LogP) is 2.23. The van der Waals surface area contributed by atoms with Gasteiger partial charge in [-0.05, 0) is 13.3 Å². The van der Waals surface area contributed by atoms with Crippen LogP contribution in [0.15, 0.2) is 0 Å². The minimum atomic E-state index is 0.419. The Kier molecular flexibility index (Phi) is 4.43. The van der Waals surface area contributed by atoms with Crippen LogP contribution in [-0.4, -0.2) is 29.8 Å². The first-order valence-corrected chi connectivity index (χ1v) is 5.49. The lowest BCUT2D eigenvalue weighted by molar-refractivity contribution is -0.117. The van der Waals surface area contributed by atoms with Crippen molar-refractivity contribution >= 4 is 5.78 Å². The molecule has 0 spiro atoms. The molecule has 1 unspecified atom stereocenters. The van der Waals surface area contributed by atoms with Crippen LogP contribution < -0.4 is 0 Å². The molecule has 1 fully saturated rings. The van der Waals surface area contributed by atoms with E-state index in [0.29, 0.717) is 18.4 Å². The van der Waals surface area contributed by atoms with Gasteiger partial charge in [0.25, 0.3) is 0 Å². The van der Waals surface area contributed by atoms with Crippen LogP contribution in [0.5, 0.6) is 0 Å². The molecule has 0 amide bonds. The second kappa shape index (κ2) is 5.38. The third kappa shape index (κ3) is 3.47. The zero-order valence-corrected chi connectivity index (χ0v) is 8.88. The molecule has 1 heterocycles. The number of nitrogens with zero attached hydrogens (tertiary/aromatic N) is 1. The summed E-state index contributed by atoms with van der Waals surface area (Å²) < 4.78 is 0. The fraction of sp³-hybridized carbons (Fsp3) is 0.909. The van der Waals surface area contributed by atoms with Gasteiger partial charge in [0.05, 0.1) is 6.54 Å². The number of ketones is 1. The van der Waals surface area contributed by atoms with E-state index in [1.54, 1.807) is 0 Å². The van der Waals surface area contributed by atoms with Gasteiger partial charge in [-0.15, -0.1) is 0 Å². The van der Waals surface area contributed by atoms with E-state index in [-0.39, 0.29) is 0 Å². The smallest absolute Gasteiger partial charge is 0.148 e. The third-order valence-corrected chi connectivity index (χ3v) is 2.91. The molecule has 0 N–H and O–H groups in total. The van der Waals surface area contributed by atoms with Crippen LogP contribution in [0.25, 0.3) is 0 Å². The molecular formula is C11H21NO. The number of unbranched alkanes of at least 4 members (excludes halogenated alkanes) is 2. The lowest BCUT2D eigenvalue weighted by Gasteiger charge is -2.22. The SMILES string of the molecule is CCCCCC(C)N1CCC(=O)C1. The average molecular weight is 183 g/mol. The Balaban J connectivity index is 2.15. The van der Waals surface area contributed by atoms with E-state index >= 15 is 0 Å². The fourth-order valence-corrected chi connectivity index (χ4v) is 1.90. The fourth-order valence-electron chi connectivity index (χ4n) is 1.90. The molecule has 1 aliphatic heterocycles. The zero-order valence-electron chi connectivity index (χ0n) is 8.88. The summed E-state index contributed by atoms with van der Waals surface area (Å²) >= 11 is 0. The molecule has 1 aliphatic rings. The number of carbonyl (C=O) groups is 1. The molecule has 1 saturated heterocycles. The summed E-state index contributed by atoms with van der Waals surface area (Å²) in [5.41, 5.74) is 0. The minimum Gasteiger partial charge on any atom is -0.298 e. The summed E-state index contributed by atoms with van der Waals surface area (Å²) in [7, 11) is 0. The lowest BCUT2D eigenvalue weighted by Crippen LogP contribution is -2.30. The van der Waals surface area contributed by atoms with Gasteiger partial charge in [-0.2, -0.15) is 0 Å². The van der Waals surface area contributed by atoms with Crippen molar-refractivity contribution < 1.29 is 4.79 Å². The summed E-state index contributed by atoms with van der Waals surface area (Å²) in [6.45, 7) is 6.16. The molecule has 13 heavy (non-hydrogen) atoms. The van der Waals surface area contributed by atoms with Crippen molar-refractivity contribution in [1.29, 1.82) is 0 Å². The van der Waals surface area contributed by atoms with Crippen LogP contribution in [0.3, 0.4) is 0 Å². The van der Waals surface area contributed by atoms with Gasteiger partial charge >= 0.3 is 0 Å². The molecule has 0 aromatic heterocycles. The molecule has 0 aromatic rings. The average Bonchev–Trinajstić information content (AvgIpc) is 2.52. The highest BCUT2D eigenvalue weighted by Crippen LogP contribution is 2.14. The van der Waals surface area contributed by atoms with Crippen molar-refractivity contribution in [2.24, 2.45) is 0 Å². The van der Waals surface area contributed by atoms with E-state index in [2.05, 4.69) is 18.7 Å². The van der Waals surface area contributed by atoms with E-state index in [1.165, 1.54) is 25.7 Å². The molecule has 1 atom stereocenters. The van der Waals surface area contributed by atoms with Crippen LogP contribution in [0, 0.1) is 0 Å². The van der Waals surface area contributed by atoms with Gasteiger partial charge in [-0.1, -0.05) is 26.2 Å². The van der Waals surface area contributed by atoms with E-state index in [9.17, 15) is 4.79 Å². The second-order valence-electron chi connectivity index (χ2n) is 4.10. The molecule has 0 aromatic carbocycles. The third-order valence-electron chi connectivity index (χ3n) is 2.91. The Morgan fingerprint density at radius 3 is 2.77 bits per heavy atom. The van der Waals surface area contributed by atoms with Gasteiger partial charge in [0.2, 0.25) is 0 Å². The number of carbonyl (C=O) groups excluding carboxylic acids is 1. The van der Waals surface area contributed by atoms with Gasteiger partial charge < -0.3 is 0 Å². The second-order valence-corrected chi connectivity index (χ2v) is 4.10. The molecular weight excluding hydrogens is 162 g/mol. The molecule has 2 nitrogen and oxygen atoms in total. The zero-order chi connectivity index (χ0) is 9.68. The highest BCUT2D eigenvalue weighted by Gasteiger charge is 2.22. The minimum absolute atomic E-state index is 0.419. The van der Waals surface area contributed by atoms with Crippen LogP contribution in [0.1, 0.15) is 46.0 Å². The number of likely N-dealkylation sites (tertiary alicyclic amines) is 1. The largest absolute Gasteiger partial charge is 0.298 e. The highest BCUT2D eigenvalue weighted by molar-refractivity contribution is 5.82. The van der Waals surface area contributed by atoms with Crippen molar-refractivity contribution in [3.05, 3.63) is 0 Å².